The lowest BCUT2D eigenvalue weighted by atomic mass is 9.77. The van der Waals surface area contributed by atoms with Crippen molar-refractivity contribution < 1.29 is 4.74 Å². The van der Waals surface area contributed by atoms with Gasteiger partial charge in [0.05, 0.1) is 6.61 Å². The molecule has 24 heavy (non-hydrogen) atoms. The van der Waals surface area contributed by atoms with Crippen LogP contribution in [0.2, 0.25) is 0 Å². The molecule has 1 fully saturated rings. The summed E-state index contributed by atoms with van der Waals surface area (Å²) in [5, 5.41) is 0. The largest absolute Gasteiger partial charge is 0.377 e. The van der Waals surface area contributed by atoms with Crippen LogP contribution in [-0.2, 0) is 11.3 Å². The van der Waals surface area contributed by atoms with E-state index < -0.39 is 0 Å². The number of allylic oxidation sites excluding steroid dienone is 2. The van der Waals surface area contributed by atoms with Crippen molar-refractivity contribution in [3.05, 3.63) is 47.5 Å². The Morgan fingerprint density at radius 1 is 1.04 bits per heavy atom. The van der Waals surface area contributed by atoms with Gasteiger partial charge in [-0.15, -0.1) is 0 Å². The zero-order valence-corrected chi connectivity index (χ0v) is 15.8. The summed E-state index contributed by atoms with van der Waals surface area (Å²) >= 11 is 0. The molecule has 0 radical (unpaired) electrons. The summed E-state index contributed by atoms with van der Waals surface area (Å²) in [4.78, 5) is 0. The Balaban J connectivity index is 1.70. The van der Waals surface area contributed by atoms with Crippen LogP contribution in [0.25, 0.3) is 0 Å². The Morgan fingerprint density at radius 2 is 1.79 bits per heavy atom. The number of benzene rings is 1. The fourth-order valence-electron chi connectivity index (χ4n) is 3.81. The van der Waals surface area contributed by atoms with Crippen LogP contribution in [0.15, 0.2) is 36.4 Å². The molecule has 0 spiro atoms. The van der Waals surface area contributed by atoms with E-state index in [1.807, 2.05) is 0 Å². The molecule has 0 bridgehead atoms. The van der Waals surface area contributed by atoms with Crippen LogP contribution in [0.5, 0.6) is 0 Å². The van der Waals surface area contributed by atoms with Crippen molar-refractivity contribution in [1.82, 2.24) is 0 Å². The van der Waals surface area contributed by atoms with E-state index in [0.717, 1.165) is 25.0 Å². The third kappa shape index (κ3) is 6.81. The molecule has 0 aromatic heterocycles. The highest BCUT2D eigenvalue weighted by Crippen LogP contribution is 2.37. The molecule has 2 rings (SSSR count). The molecule has 1 aromatic carbocycles. The lowest BCUT2D eigenvalue weighted by Crippen LogP contribution is -2.13. The number of ether oxygens (including phenoxy) is 1. The molecule has 0 unspecified atom stereocenters. The molecule has 0 atom stereocenters. The average Bonchev–Trinajstić information content (AvgIpc) is 2.63. The maximum absolute atomic E-state index is 5.76. The van der Waals surface area contributed by atoms with Gasteiger partial charge in [-0.3, -0.25) is 0 Å². The summed E-state index contributed by atoms with van der Waals surface area (Å²) in [6.07, 6.45) is 16.4. The quantitative estimate of drug-likeness (QED) is 0.331. The minimum absolute atomic E-state index is 0.766. The maximum Gasteiger partial charge on any atom is 0.0716 e. The Hall–Kier alpha value is -1.08. The van der Waals surface area contributed by atoms with Crippen LogP contribution in [0.3, 0.4) is 0 Å². The van der Waals surface area contributed by atoms with Crippen LogP contribution in [0, 0.1) is 5.92 Å². The third-order valence-electron chi connectivity index (χ3n) is 5.44. The summed E-state index contributed by atoms with van der Waals surface area (Å²) in [5.74, 6) is 1.73. The first kappa shape index (κ1) is 19.2. The van der Waals surface area contributed by atoms with E-state index in [2.05, 4.69) is 50.3 Å². The van der Waals surface area contributed by atoms with Gasteiger partial charge in [0.2, 0.25) is 0 Å². The number of hydrogen-bond acceptors (Lipinski definition) is 1. The average molecular weight is 329 g/mol. The number of hydrogen-bond donors (Lipinski definition) is 0. The van der Waals surface area contributed by atoms with E-state index in [-0.39, 0.29) is 0 Å². The van der Waals surface area contributed by atoms with Gasteiger partial charge in [0, 0.05) is 6.61 Å². The molecule has 1 nitrogen and oxygen atoms in total. The zero-order valence-electron chi connectivity index (χ0n) is 15.8. The first-order chi connectivity index (χ1) is 11.8. The molecule has 0 amide bonds. The Labute approximate surface area is 149 Å². The highest BCUT2D eigenvalue weighted by molar-refractivity contribution is 5.25. The van der Waals surface area contributed by atoms with Gasteiger partial charge in [-0.25, -0.2) is 0 Å². The lowest BCUT2D eigenvalue weighted by Gasteiger charge is -2.28. The van der Waals surface area contributed by atoms with Crippen molar-refractivity contribution in [1.29, 1.82) is 0 Å². The molecule has 0 aliphatic heterocycles. The molecule has 1 aliphatic carbocycles. The van der Waals surface area contributed by atoms with E-state index in [0.29, 0.717) is 0 Å². The maximum atomic E-state index is 5.76. The standard InChI is InChI=1S/C23H36O/c1-3-5-7-9-20-10-14-22(15-11-20)23-16-12-21(13-17-23)19-24-18-8-6-4-2/h3,5,12-13,16-17,20,22H,4,6-11,14-15,18-19H2,1-2H3/b5-3+/t20-,22-. The second-order valence-electron chi connectivity index (χ2n) is 7.37. The molecule has 1 saturated carbocycles. The first-order valence-corrected chi connectivity index (χ1v) is 10.1. The molecular formula is C23H36O. The SMILES string of the molecule is C/C=C/CC[C@H]1CC[C@H](c2ccc(COCCCCC)cc2)CC1. The van der Waals surface area contributed by atoms with E-state index in [4.69, 9.17) is 4.74 Å². The van der Waals surface area contributed by atoms with Crippen molar-refractivity contribution >= 4 is 0 Å². The van der Waals surface area contributed by atoms with E-state index in [1.54, 1.807) is 0 Å². The number of rotatable bonds is 10. The van der Waals surface area contributed by atoms with Gasteiger partial charge in [-0.2, -0.15) is 0 Å². The van der Waals surface area contributed by atoms with Crippen LogP contribution in [0.1, 0.15) is 88.7 Å². The summed E-state index contributed by atoms with van der Waals surface area (Å²) < 4.78 is 5.76. The summed E-state index contributed by atoms with van der Waals surface area (Å²) in [5.41, 5.74) is 2.85. The van der Waals surface area contributed by atoms with Gasteiger partial charge in [0.1, 0.15) is 0 Å². The van der Waals surface area contributed by atoms with E-state index in [1.165, 1.54) is 68.9 Å². The van der Waals surface area contributed by atoms with Gasteiger partial charge in [-0.1, -0.05) is 56.2 Å². The van der Waals surface area contributed by atoms with Crippen molar-refractivity contribution in [3.63, 3.8) is 0 Å². The summed E-state index contributed by atoms with van der Waals surface area (Å²) in [7, 11) is 0. The molecule has 0 heterocycles. The van der Waals surface area contributed by atoms with Crippen LogP contribution in [0.4, 0.5) is 0 Å². The highest BCUT2D eigenvalue weighted by atomic mass is 16.5. The Kier molecular flexibility index (Phi) is 9.20. The van der Waals surface area contributed by atoms with Gasteiger partial charge >= 0.3 is 0 Å². The van der Waals surface area contributed by atoms with Crippen LogP contribution >= 0.6 is 0 Å². The molecule has 1 aliphatic rings. The highest BCUT2D eigenvalue weighted by Gasteiger charge is 2.21. The Morgan fingerprint density at radius 3 is 2.46 bits per heavy atom. The topological polar surface area (TPSA) is 9.23 Å². The minimum Gasteiger partial charge on any atom is -0.377 e. The monoisotopic (exact) mass is 328 g/mol. The minimum atomic E-state index is 0.766. The number of unbranched alkanes of at least 4 members (excludes halogenated alkanes) is 2. The predicted molar refractivity (Wildman–Crippen MR) is 104 cm³/mol. The smallest absolute Gasteiger partial charge is 0.0716 e. The van der Waals surface area contributed by atoms with Gasteiger partial charge in [-0.05, 0) is 74.8 Å². The molecule has 134 valence electrons. The molecular weight excluding hydrogens is 292 g/mol. The van der Waals surface area contributed by atoms with Gasteiger partial charge in [0.25, 0.3) is 0 Å². The van der Waals surface area contributed by atoms with Gasteiger partial charge < -0.3 is 4.74 Å². The van der Waals surface area contributed by atoms with E-state index in [9.17, 15) is 0 Å². The zero-order chi connectivity index (χ0) is 17.0. The normalized spacial score (nSPS) is 21.4. The Bertz CT molecular complexity index is 451. The second-order valence-corrected chi connectivity index (χ2v) is 7.37. The van der Waals surface area contributed by atoms with Crippen molar-refractivity contribution in [2.45, 2.75) is 84.2 Å². The first-order valence-electron chi connectivity index (χ1n) is 10.1. The fourth-order valence-corrected chi connectivity index (χ4v) is 3.81. The predicted octanol–water partition coefficient (Wildman–Crippen LogP) is 7.02. The third-order valence-corrected chi connectivity index (χ3v) is 5.44. The summed E-state index contributed by atoms with van der Waals surface area (Å²) in [6.45, 7) is 6.01. The van der Waals surface area contributed by atoms with Crippen molar-refractivity contribution in [3.8, 4) is 0 Å². The second kappa shape index (κ2) is 11.5. The van der Waals surface area contributed by atoms with Crippen molar-refractivity contribution in [2.75, 3.05) is 6.61 Å². The van der Waals surface area contributed by atoms with Gasteiger partial charge in [0.15, 0.2) is 0 Å². The van der Waals surface area contributed by atoms with Crippen LogP contribution < -0.4 is 0 Å². The summed E-state index contributed by atoms with van der Waals surface area (Å²) in [6, 6.07) is 9.23. The van der Waals surface area contributed by atoms with E-state index >= 15 is 0 Å². The van der Waals surface area contributed by atoms with Crippen molar-refractivity contribution in [2.24, 2.45) is 5.92 Å². The molecule has 0 saturated heterocycles. The molecule has 0 N–H and O–H groups in total. The fraction of sp³-hybridized carbons (Fsp3) is 0.652. The molecule has 1 heteroatoms. The van der Waals surface area contributed by atoms with Crippen LogP contribution in [-0.4, -0.2) is 6.61 Å². The molecule has 1 aromatic rings. The lowest BCUT2D eigenvalue weighted by molar-refractivity contribution is 0.117.